The molecule has 2 aromatic rings. The van der Waals surface area contributed by atoms with Crippen molar-refractivity contribution in [1.82, 2.24) is 5.32 Å². The van der Waals surface area contributed by atoms with Gasteiger partial charge in [0.15, 0.2) is 0 Å². The highest BCUT2D eigenvalue weighted by Crippen LogP contribution is 2.49. The van der Waals surface area contributed by atoms with E-state index in [1.165, 1.54) is 0 Å². The monoisotopic (exact) mass is 347 g/mol. The Kier molecular flexibility index (Phi) is 3.66. The summed E-state index contributed by atoms with van der Waals surface area (Å²) in [7, 11) is 0. The van der Waals surface area contributed by atoms with Gasteiger partial charge in [-0.15, -0.1) is 0 Å². The Balaban J connectivity index is 1.76. The first-order valence-corrected chi connectivity index (χ1v) is 7.94. The molecule has 1 amide bonds. The molecule has 0 saturated heterocycles. The average Bonchev–Trinajstić information content (AvgIpc) is 3.15. The summed E-state index contributed by atoms with van der Waals surface area (Å²) in [5, 5.41) is 3.08. The van der Waals surface area contributed by atoms with Gasteiger partial charge in [-0.25, -0.2) is 0 Å². The zero-order chi connectivity index (χ0) is 15.0. The maximum absolute atomic E-state index is 12.7. The van der Waals surface area contributed by atoms with E-state index in [0.717, 1.165) is 34.4 Å². The van der Waals surface area contributed by atoms with E-state index in [0.29, 0.717) is 0 Å². The van der Waals surface area contributed by atoms with Crippen LogP contribution >= 0.6 is 15.9 Å². The molecular formula is C17H18BrNO2. The summed E-state index contributed by atoms with van der Waals surface area (Å²) in [6, 6.07) is 11.7. The maximum Gasteiger partial charge on any atom is 0.231 e. The van der Waals surface area contributed by atoms with E-state index < -0.39 is 0 Å². The van der Waals surface area contributed by atoms with Gasteiger partial charge in [0.2, 0.25) is 5.91 Å². The third-order valence-corrected chi connectivity index (χ3v) is 4.59. The Labute approximate surface area is 132 Å². The van der Waals surface area contributed by atoms with E-state index in [1.807, 2.05) is 50.2 Å². The van der Waals surface area contributed by atoms with E-state index >= 15 is 0 Å². The molecule has 1 aliphatic carbocycles. The summed E-state index contributed by atoms with van der Waals surface area (Å²) in [5.74, 6) is 1.74. The van der Waals surface area contributed by atoms with Crippen molar-refractivity contribution < 1.29 is 9.21 Å². The maximum atomic E-state index is 12.7. The zero-order valence-electron chi connectivity index (χ0n) is 12.2. The molecule has 0 radical (unpaired) electrons. The number of rotatable bonds is 4. The minimum atomic E-state index is -0.361. The van der Waals surface area contributed by atoms with Crippen LogP contribution in [0.2, 0.25) is 0 Å². The average molecular weight is 348 g/mol. The molecule has 1 N–H and O–H groups in total. The Hall–Kier alpha value is -1.55. The van der Waals surface area contributed by atoms with Crippen molar-refractivity contribution in [2.24, 2.45) is 0 Å². The van der Waals surface area contributed by atoms with Crippen molar-refractivity contribution >= 4 is 21.8 Å². The molecule has 110 valence electrons. The van der Waals surface area contributed by atoms with Gasteiger partial charge in [0, 0.05) is 4.47 Å². The van der Waals surface area contributed by atoms with Crippen LogP contribution in [0.3, 0.4) is 0 Å². The number of furan rings is 1. The zero-order valence-corrected chi connectivity index (χ0v) is 13.7. The second-order valence-electron chi connectivity index (χ2n) is 5.74. The van der Waals surface area contributed by atoms with E-state index in [9.17, 15) is 4.79 Å². The smallest absolute Gasteiger partial charge is 0.231 e. The second-order valence-corrected chi connectivity index (χ2v) is 6.65. The molecule has 21 heavy (non-hydrogen) atoms. The number of hydrogen-bond acceptors (Lipinski definition) is 2. The minimum absolute atomic E-state index is 0.0853. The Morgan fingerprint density at radius 1 is 1.33 bits per heavy atom. The molecule has 1 aromatic carbocycles. The predicted octanol–water partition coefficient (Wildman–Crippen LogP) is 4.26. The number of halogens is 1. The van der Waals surface area contributed by atoms with Gasteiger partial charge in [0.25, 0.3) is 0 Å². The molecule has 1 unspecified atom stereocenters. The molecule has 1 aliphatic rings. The van der Waals surface area contributed by atoms with Crippen LogP contribution in [0.15, 0.2) is 45.3 Å². The normalized spacial score (nSPS) is 17.3. The summed E-state index contributed by atoms with van der Waals surface area (Å²) in [6.07, 6.45) is 1.80. The van der Waals surface area contributed by atoms with Gasteiger partial charge in [-0.2, -0.15) is 0 Å². The summed E-state index contributed by atoms with van der Waals surface area (Å²) >= 11 is 3.48. The Morgan fingerprint density at radius 3 is 2.67 bits per heavy atom. The molecular weight excluding hydrogens is 330 g/mol. The predicted molar refractivity (Wildman–Crippen MR) is 85.1 cm³/mol. The molecule has 0 aliphatic heterocycles. The Bertz CT molecular complexity index is 673. The number of nitrogens with one attached hydrogen (secondary N) is 1. The summed E-state index contributed by atoms with van der Waals surface area (Å²) in [4.78, 5) is 12.7. The number of carbonyl (C=O) groups excluding carboxylic acids is 1. The van der Waals surface area contributed by atoms with Crippen LogP contribution in [0, 0.1) is 6.92 Å². The summed E-state index contributed by atoms with van der Waals surface area (Å²) in [6.45, 7) is 3.86. The molecule has 0 spiro atoms. The summed E-state index contributed by atoms with van der Waals surface area (Å²) in [5.41, 5.74) is 0.719. The number of amides is 1. The van der Waals surface area contributed by atoms with Gasteiger partial charge in [0.1, 0.15) is 11.5 Å². The van der Waals surface area contributed by atoms with Crippen LogP contribution in [-0.4, -0.2) is 5.91 Å². The van der Waals surface area contributed by atoms with Crippen LogP contribution in [0.4, 0.5) is 0 Å². The van der Waals surface area contributed by atoms with Gasteiger partial charge >= 0.3 is 0 Å². The van der Waals surface area contributed by atoms with Crippen molar-refractivity contribution in [3.05, 3.63) is 58.0 Å². The SMILES string of the molecule is Cc1ccc(C(C)NC(=O)C2(c3cccc(Br)c3)CC2)o1. The topological polar surface area (TPSA) is 42.2 Å². The van der Waals surface area contributed by atoms with Crippen molar-refractivity contribution in [1.29, 1.82) is 0 Å². The number of carbonyl (C=O) groups is 1. The van der Waals surface area contributed by atoms with Gasteiger partial charge < -0.3 is 9.73 Å². The van der Waals surface area contributed by atoms with Crippen LogP contribution < -0.4 is 5.32 Å². The molecule has 1 heterocycles. The first-order valence-electron chi connectivity index (χ1n) is 7.15. The van der Waals surface area contributed by atoms with E-state index in [-0.39, 0.29) is 17.4 Å². The third-order valence-electron chi connectivity index (χ3n) is 4.10. The minimum Gasteiger partial charge on any atom is -0.464 e. The van der Waals surface area contributed by atoms with Crippen LogP contribution in [0.5, 0.6) is 0 Å². The fraction of sp³-hybridized carbons (Fsp3) is 0.353. The molecule has 3 rings (SSSR count). The first-order chi connectivity index (χ1) is 10.0. The van der Waals surface area contributed by atoms with Crippen molar-refractivity contribution in [3.63, 3.8) is 0 Å². The van der Waals surface area contributed by atoms with Crippen molar-refractivity contribution in [2.75, 3.05) is 0 Å². The van der Waals surface area contributed by atoms with Gasteiger partial charge in [0.05, 0.1) is 11.5 Å². The van der Waals surface area contributed by atoms with Crippen molar-refractivity contribution in [2.45, 2.75) is 38.1 Å². The van der Waals surface area contributed by atoms with E-state index in [2.05, 4.69) is 21.2 Å². The second kappa shape index (κ2) is 5.34. The van der Waals surface area contributed by atoms with Gasteiger partial charge in [-0.05, 0) is 56.5 Å². The molecule has 4 heteroatoms. The fourth-order valence-electron chi connectivity index (χ4n) is 2.65. The van der Waals surface area contributed by atoms with Crippen LogP contribution in [0.25, 0.3) is 0 Å². The quantitative estimate of drug-likeness (QED) is 0.897. The van der Waals surface area contributed by atoms with Gasteiger partial charge in [-0.1, -0.05) is 28.1 Å². The summed E-state index contributed by atoms with van der Waals surface area (Å²) < 4.78 is 6.59. The standard InChI is InChI=1S/C17H18BrNO2/c1-11-6-7-15(21-11)12(2)19-16(20)17(8-9-17)13-4-3-5-14(18)10-13/h3-7,10,12H,8-9H2,1-2H3,(H,19,20). The lowest BCUT2D eigenvalue weighted by Crippen LogP contribution is -2.36. The lowest BCUT2D eigenvalue weighted by Gasteiger charge is -2.19. The van der Waals surface area contributed by atoms with E-state index in [4.69, 9.17) is 4.42 Å². The van der Waals surface area contributed by atoms with Crippen LogP contribution in [0.1, 0.15) is 42.9 Å². The highest BCUT2D eigenvalue weighted by molar-refractivity contribution is 9.10. The first kappa shape index (κ1) is 14.4. The largest absolute Gasteiger partial charge is 0.464 e. The number of hydrogen-bond donors (Lipinski definition) is 1. The highest BCUT2D eigenvalue weighted by Gasteiger charge is 2.51. The highest BCUT2D eigenvalue weighted by atomic mass is 79.9. The number of benzene rings is 1. The third kappa shape index (κ3) is 2.77. The van der Waals surface area contributed by atoms with E-state index in [1.54, 1.807) is 0 Å². The molecule has 3 nitrogen and oxygen atoms in total. The lowest BCUT2D eigenvalue weighted by atomic mass is 9.94. The van der Waals surface area contributed by atoms with Gasteiger partial charge in [-0.3, -0.25) is 4.79 Å². The number of aryl methyl sites for hydroxylation is 1. The lowest BCUT2D eigenvalue weighted by molar-refractivity contribution is -0.124. The van der Waals surface area contributed by atoms with Crippen LogP contribution in [-0.2, 0) is 10.2 Å². The molecule has 1 atom stereocenters. The molecule has 0 bridgehead atoms. The fourth-order valence-corrected chi connectivity index (χ4v) is 3.05. The van der Waals surface area contributed by atoms with Crippen molar-refractivity contribution in [3.8, 4) is 0 Å². The molecule has 1 aromatic heterocycles. The molecule has 1 saturated carbocycles. The Morgan fingerprint density at radius 2 is 2.10 bits per heavy atom. The molecule has 1 fully saturated rings.